The highest BCUT2D eigenvalue weighted by atomic mass is 32.2. The van der Waals surface area contributed by atoms with Crippen molar-refractivity contribution < 1.29 is 13.2 Å². The summed E-state index contributed by atoms with van der Waals surface area (Å²) in [5, 5.41) is 1.18. The predicted molar refractivity (Wildman–Crippen MR) is 130 cm³/mol. The molecule has 0 saturated heterocycles. The molecule has 0 aliphatic heterocycles. The summed E-state index contributed by atoms with van der Waals surface area (Å²) in [7, 11) is -3.65. The van der Waals surface area contributed by atoms with E-state index >= 15 is 0 Å². The zero-order valence-corrected chi connectivity index (χ0v) is 19.2. The average Bonchev–Trinajstić information content (AvgIpc) is 3.62. The van der Waals surface area contributed by atoms with Gasteiger partial charge < -0.3 is 4.57 Å². The van der Waals surface area contributed by atoms with Crippen molar-refractivity contribution in [3.63, 3.8) is 0 Å². The number of benzene rings is 2. The molecule has 0 spiro atoms. The van der Waals surface area contributed by atoms with Crippen molar-refractivity contribution in [2.75, 3.05) is 5.75 Å². The maximum absolute atomic E-state index is 12.4. The third kappa shape index (κ3) is 4.54. The Morgan fingerprint density at radius 1 is 1.03 bits per heavy atom. The van der Waals surface area contributed by atoms with Crippen LogP contribution in [-0.2, 0) is 16.6 Å². The van der Waals surface area contributed by atoms with Gasteiger partial charge in [0, 0.05) is 16.6 Å². The largest absolute Gasteiger partial charge is 0.334 e. The number of nitrogens with one attached hydrogen (secondary N) is 1. The van der Waals surface area contributed by atoms with Crippen LogP contribution in [0.1, 0.15) is 47.4 Å². The standard InChI is InChI=1S/C26H25N3O3S/c1-2-33(31,32)28-26(30)23-10-6-9-22(27-23)17-29-24-14-13-20(18-11-12-18)15-21(24)16-25(29)19-7-4-3-5-8-19/h3-10,13-16,18H,2,11-12,17H2,1H3,(H,28,30). The lowest BCUT2D eigenvalue weighted by atomic mass is 10.1. The van der Waals surface area contributed by atoms with E-state index in [1.54, 1.807) is 6.07 Å². The smallest absolute Gasteiger partial charge is 0.283 e. The number of hydrogen-bond donors (Lipinski definition) is 1. The molecule has 2 heterocycles. The van der Waals surface area contributed by atoms with E-state index in [4.69, 9.17) is 0 Å². The molecule has 1 fully saturated rings. The summed E-state index contributed by atoms with van der Waals surface area (Å²) in [5.74, 6) is -0.209. The number of pyridine rings is 1. The second-order valence-electron chi connectivity index (χ2n) is 8.42. The van der Waals surface area contributed by atoms with Crippen LogP contribution < -0.4 is 4.72 Å². The highest BCUT2D eigenvalue weighted by Gasteiger charge is 2.24. The minimum Gasteiger partial charge on any atom is -0.334 e. The van der Waals surface area contributed by atoms with Gasteiger partial charge in [0.15, 0.2) is 0 Å². The van der Waals surface area contributed by atoms with Crippen LogP contribution in [0.25, 0.3) is 22.2 Å². The lowest BCUT2D eigenvalue weighted by Gasteiger charge is -2.12. The molecule has 0 bridgehead atoms. The highest BCUT2D eigenvalue weighted by Crippen LogP contribution is 2.41. The fourth-order valence-corrected chi connectivity index (χ4v) is 4.63. The Morgan fingerprint density at radius 2 is 1.82 bits per heavy atom. The van der Waals surface area contributed by atoms with Gasteiger partial charge >= 0.3 is 0 Å². The molecule has 1 aliphatic rings. The van der Waals surface area contributed by atoms with Crippen LogP contribution in [0.2, 0.25) is 0 Å². The summed E-state index contributed by atoms with van der Waals surface area (Å²) in [6.45, 7) is 1.94. The van der Waals surface area contributed by atoms with Crippen molar-refractivity contribution in [2.24, 2.45) is 0 Å². The number of sulfonamides is 1. The van der Waals surface area contributed by atoms with Gasteiger partial charge in [-0.05, 0) is 67.1 Å². The summed E-state index contributed by atoms with van der Waals surface area (Å²) in [4.78, 5) is 16.9. The molecule has 1 N–H and O–H groups in total. The first-order chi connectivity index (χ1) is 15.9. The van der Waals surface area contributed by atoms with Gasteiger partial charge in [0.1, 0.15) is 5.69 Å². The Morgan fingerprint density at radius 3 is 2.55 bits per heavy atom. The molecule has 2 aromatic heterocycles. The lowest BCUT2D eigenvalue weighted by Crippen LogP contribution is -2.32. The van der Waals surface area contributed by atoms with Crippen LogP contribution in [0.5, 0.6) is 0 Å². The quantitative estimate of drug-likeness (QED) is 0.434. The molecule has 2 aromatic carbocycles. The van der Waals surface area contributed by atoms with Gasteiger partial charge in [-0.2, -0.15) is 0 Å². The van der Waals surface area contributed by atoms with Crippen LogP contribution in [-0.4, -0.2) is 29.6 Å². The third-order valence-corrected chi connectivity index (χ3v) is 7.29. The molecule has 5 rings (SSSR count). The summed E-state index contributed by atoms with van der Waals surface area (Å²) < 4.78 is 27.8. The highest BCUT2D eigenvalue weighted by molar-refractivity contribution is 7.90. The molecule has 0 atom stereocenters. The second-order valence-corrected chi connectivity index (χ2v) is 10.4. The van der Waals surface area contributed by atoms with Gasteiger partial charge in [-0.25, -0.2) is 18.1 Å². The Balaban J connectivity index is 1.54. The van der Waals surface area contributed by atoms with Gasteiger partial charge in [0.05, 0.1) is 18.0 Å². The Hall–Kier alpha value is -3.45. The molecule has 33 heavy (non-hydrogen) atoms. The first-order valence-electron chi connectivity index (χ1n) is 11.1. The van der Waals surface area contributed by atoms with Crippen LogP contribution >= 0.6 is 0 Å². The fraction of sp³-hybridized carbons (Fsp3) is 0.231. The number of fused-ring (bicyclic) bond motifs is 1. The molecule has 0 unspecified atom stereocenters. The van der Waals surface area contributed by atoms with Crippen molar-refractivity contribution in [1.29, 1.82) is 0 Å². The molecule has 4 aromatic rings. The van der Waals surface area contributed by atoms with Crippen molar-refractivity contribution in [3.8, 4) is 11.3 Å². The molecule has 1 aliphatic carbocycles. The van der Waals surface area contributed by atoms with E-state index in [1.165, 1.54) is 36.8 Å². The van der Waals surface area contributed by atoms with Gasteiger partial charge in [0.2, 0.25) is 10.0 Å². The molecular formula is C26H25N3O3S. The number of aromatic nitrogens is 2. The third-order valence-electron chi connectivity index (χ3n) is 6.03. The maximum Gasteiger partial charge on any atom is 0.283 e. The topological polar surface area (TPSA) is 81.1 Å². The minimum atomic E-state index is -3.65. The zero-order valence-electron chi connectivity index (χ0n) is 18.4. The minimum absolute atomic E-state index is 0.0817. The van der Waals surface area contributed by atoms with Gasteiger partial charge in [-0.3, -0.25) is 4.79 Å². The molecular weight excluding hydrogens is 434 g/mol. The molecule has 168 valence electrons. The van der Waals surface area contributed by atoms with E-state index in [0.29, 0.717) is 18.2 Å². The Bertz CT molecular complexity index is 1440. The monoisotopic (exact) mass is 459 g/mol. The molecule has 0 radical (unpaired) electrons. The van der Waals surface area contributed by atoms with Crippen molar-refractivity contribution in [1.82, 2.24) is 14.3 Å². The van der Waals surface area contributed by atoms with Crippen LogP contribution in [0.3, 0.4) is 0 Å². The summed E-state index contributed by atoms with van der Waals surface area (Å²) >= 11 is 0. The van der Waals surface area contributed by atoms with Gasteiger partial charge in [0.25, 0.3) is 5.91 Å². The molecule has 6 nitrogen and oxygen atoms in total. The van der Waals surface area contributed by atoms with Crippen molar-refractivity contribution >= 4 is 26.8 Å². The number of amides is 1. The number of carbonyl (C=O) groups excluding carboxylic acids is 1. The van der Waals surface area contributed by atoms with Crippen molar-refractivity contribution in [3.05, 3.63) is 89.7 Å². The normalized spacial score (nSPS) is 13.8. The van der Waals surface area contributed by atoms with Gasteiger partial charge in [-0.15, -0.1) is 0 Å². The number of hydrogen-bond acceptors (Lipinski definition) is 4. The zero-order chi connectivity index (χ0) is 23.0. The van der Waals surface area contributed by atoms with Crippen LogP contribution in [0, 0.1) is 0 Å². The van der Waals surface area contributed by atoms with E-state index in [2.05, 4.69) is 50.7 Å². The molecule has 1 amide bonds. The lowest BCUT2D eigenvalue weighted by molar-refractivity contribution is 0.0976. The Kier molecular flexibility index (Phi) is 5.50. The van der Waals surface area contributed by atoms with E-state index in [0.717, 1.165) is 16.8 Å². The van der Waals surface area contributed by atoms with Gasteiger partial charge in [-0.1, -0.05) is 42.5 Å². The first kappa shape index (κ1) is 21.4. The second kappa shape index (κ2) is 8.48. The first-order valence-corrected chi connectivity index (χ1v) is 12.8. The number of carbonyl (C=O) groups is 1. The molecule has 7 heteroatoms. The van der Waals surface area contributed by atoms with Crippen LogP contribution in [0.15, 0.2) is 72.8 Å². The van der Waals surface area contributed by atoms with E-state index < -0.39 is 15.9 Å². The summed E-state index contributed by atoms with van der Waals surface area (Å²) in [6.07, 6.45) is 2.51. The predicted octanol–water partition coefficient (Wildman–Crippen LogP) is 4.71. The molecule has 1 saturated carbocycles. The number of nitrogens with zero attached hydrogens (tertiary/aromatic N) is 2. The summed E-state index contributed by atoms with van der Waals surface area (Å²) in [6, 6.07) is 24.2. The maximum atomic E-state index is 12.4. The summed E-state index contributed by atoms with van der Waals surface area (Å²) in [5.41, 5.74) is 5.42. The Labute approximate surface area is 193 Å². The van der Waals surface area contributed by atoms with Crippen molar-refractivity contribution in [2.45, 2.75) is 32.2 Å². The van der Waals surface area contributed by atoms with E-state index in [9.17, 15) is 13.2 Å². The van der Waals surface area contributed by atoms with E-state index in [-0.39, 0.29) is 11.4 Å². The number of rotatable bonds is 7. The van der Waals surface area contributed by atoms with E-state index in [1.807, 2.05) is 24.3 Å². The average molecular weight is 460 g/mol. The fourth-order valence-electron chi connectivity index (χ4n) is 4.10. The van der Waals surface area contributed by atoms with Crippen LogP contribution in [0.4, 0.5) is 0 Å². The SMILES string of the molecule is CCS(=O)(=O)NC(=O)c1cccc(Cn2c(-c3ccccc3)cc3cc(C4CC4)ccc32)n1.